The molecule has 0 saturated heterocycles. The number of para-hydroxylation sites is 1. The van der Waals surface area contributed by atoms with Crippen LogP contribution < -0.4 is 10.7 Å². The Labute approximate surface area is 264 Å². The summed E-state index contributed by atoms with van der Waals surface area (Å²) in [6.45, 7) is 4.66. The number of hydrogen-bond donors (Lipinski definition) is 2. The molecule has 0 unspecified atom stereocenters. The van der Waals surface area contributed by atoms with Gasteiger partial charge in [0.2, 0.25) is 0 Å². The highest BCUT2D eigenvalue weighted by atomic mass is 15.4. The maximum absolute atomic E-state index is 3.83. The van der Waals surface area contributed by atoms with E-state index in [1.54, 1.807) is 0 Å². The van der Waals surface area contributed by atoms with E-state index < -0.39 is 0 Å². The highest BCUT2D eigenvalue weighted by Crippen LogP contribution is 2.49. The first kappa shape index (κ1) is 27.0. The Morgan fingerprint density at radius 1 is 0.556 bits per heavy atom. The minimum Gasteiger partial charge on any atom is -0.392 e. The third-order valence-electron chi connectivity index (χ3n) is 9.39. The Morgan fingerprint density at radius 2 is 1.22 bits per heavy atom. The van der Waals surface area contributed by atoms with E-state index >= 15 is 0 Å². The van der Waals surface area contributed by atoms with Gasteiger partial charge < -0.3 is 5.32 Å². The van der Waals surface area contributed by atoms with Crippen LogP contribution in [0.4, 0.5) is 0 Å². The number of fused-ring (bicyclic) bond motifs is 6. The fraction of sp³-hybridized carbons (Fsp3) is 0.0952. The molecule has 6 aromatic carbocycles. The zero-order valence-electron chi connectivity index (χ0n) is 25.8. The van der Waals surface area contributed by atoms with Gasteiger partial charge in [0.25, 0.3) is 0 Å². The summed E-state index contributed by atoms with van der Waals surface area (Å²) in [7, 11) is 1.96. The Morgan fingerprint density at radius 3 is 2.07 bits per heavy atom. The summed E-state index contributed by atoms with van der Waals surface area (Å²) >= 11 is 0. The molecular formula is C42H35N3. The van der Waals surface area contributed by atoms with Gasteiger partial charge in [0.1, 0.15) is 0 Å². The number of aromatic nitrogens is 1. The summed E-state index contributed by atoms with van der Waals surface area (Å²) in [6, 6.07) is 50.5. The molecule has 2 N–H and O–H groups in total. The van der Waals surface area contributed by atoms with Crippen molar-refractivity contribution in [1.82, 2.24) is 9.99 Å². The first-order chi connectivity index (χ1) is 22.0. The number of nitrogens with one attached hydrogen (secondary N) is 2. The lowest BCUT2D eigenvalue weighted by molar-refractivity contribution is 0.660. The van der Waals surface area contributed by atoms with Crippen LogP contribution in [0.1, 0.15) is 30.5 Å². The third kappa shape index (κ3) is 4.43. The second-order valence-corrected chi connectivity index (χ2v) is 12.4. The quantitative estimate of drug-likeness (QED) is 0.205. The summed E-state index contributed by atoms with van der Waals surface area (Å²) in [5.41, 5.74) is 18.4. The number of hydrogen-bond acceptors (Lipinski definition) is 2. The van der Waals surface area contributed by atoms with Gasteiger partial charge in [-0.15, -0.1) is 0 Å². The van der Waals surface area contributed by atoms with Crippen LogP contribution in [0.15, 0.2) is 146 Å². The zero-order valence-corrected chi connectivity index (χ0v) is 25.8. The molecule has 0 fully saturated rings. The van der Waals surface area contributed by atoms with Crippen LogP contribution in [0.3, 0.4) is 0 Å². The van der Waals surface area contributed by atoms with Crippen molar-refractivity contribution in [2.75, 3.05) is 12.5 Å². The molecule has 3 heteroatoms. The summed E-state index contributed by atoms with van der Waals surface area (Å²) in [4.78, 5) is 0. The van der Waals surface area contributed by atoms with Gasteiger partial charge in [-0.05, 0) is 68.8 Å². The number of rotatable bonds is 6. The van der Waals surface area contributed by atoms with E-state index in [4.69, 9.17) is 0 Å². The molecule has 0 amide bonds. The first-order valence-electron chi connectivity index (χ1n) is 15.6. The van der Waals surface area contributed by atoms with E-state index in [-0.39, 0.29) is 5.41 Å². The normalized spacial score (nSPS) is 13.5. The maximum Gasteiger partial charge on any atom is 0.0775 e. The fourth-order valence-corrected chi connectivity index (χ4v) is 7.10. The number of nitrogens with zero attached hydrogens (tertiary/aromatic N) is 1. The van der Waals surface area contributed by atoms with Gasteiger partial charge in [-0.25, -0.2) is 0 Å². The SMILES string of the molecule is CN/C=C(\Nn1c2ccccc2c2ccc(-c3cccc(-c4ccccc4)c3)cc21)c1ccc2c(c1)C(C)(C)c1ccccc1-2. The Balaban J connectivity index is 1.24. The van der Waals surface area contributed by atoms with E-state index in [0.717, 1.165) is 22.3 Å². The van der Waals surface area contributed by atoms with Gasteiger partial charge in [0.15, 0.2) is 0 Å². The van der Waals surface area contributed by atoms with Crippen molar-refractivity contribution in [3.8, 4) is 33.4 Å². The minimum atomic E-state index is -0.0667. The van der Waals surface area contributed by atoms with Crippen molar-refractivity contribution in [2.24, 2.45) is 0 Å². The average molecular weight is 582 g/mol. The van der Waals surface area contributed by atoms with Crippen LogP contribution in [0, 0.1) is 0 Å². The lowest BCUT2D eigenvalue weighted by Crippen LogP contribution is -2.17. The third-order valence-corrected chi connectivity index (χ3v) is 9.39. The van der Waals surface area contributed by atoms with Crippen molar-refractivity contribution < 1.29 is 0 Å². The van der Waals surface area contributed by atoms with Gasteiger partial charge >= 0.3 is 0 Å². The standard InChI is InChI=1S/C42H35N3/c1-42(2)37-18-9-7-16-33(37)34-22-21-32(25-38(34)42)39(27-43-3)44-45-40-19-10-8-17-35(40)36-23-20-31(26-41(36)45)30-15-11-14-29(24-30)28-12-5-4-6-13-28/h4-27,43-44H,1-3H3/b39-27-. The second-order valence-electron chi connectivity index (χ2n) is 12.4. The lowest BCUT2D eigenvalue weighted by atomic mass is 9.82. The first-order valence-corrected chi connectivity index (χ1v) is 15.6. The molecule has 218 valence electrons. The van der Waals surface area contributed by atoms with E-state index in [9.17, 15) is 0 Å². The van der Waals surface area contributed by atoms with Crippen LogP contribution >= 0.6 is 0 Å². The molecule has 0 atom stereocenters. The molecule has 0 aliphatic heterocycles. The monoisotopic (exact) mass is 581 g/mol. The maximum atomic E-state index is 3.83. The molecule has 0 radical (unpaired) electrons. The molecule has 1 aliphatic carbocycles. The van der Waals surface area contributed by atoms with Crippen molar-refractivity contribution in [1.29, 1.82) is 0 Å². The van der Waals surface area contributed by atoms with Crippen molar-refractivity contribution in [3.05, 3.63) is 162 Å². The van der Waals surface area contributed by atoms with Crippen molar-refractivity contribution in [3.63, 3.8) is 0 Å². The van der Waals surface area contributed by atoms with Crippen LogP contribution in [0.2, 0.25) is 0 Å². The molecule has 0 spiro atoms. The highest BCUT2D eigenvalue weighted by Gasteiger charge is 2.35. The molecule has 7 aromatic rings. The van der Waals surface area contributed by atoms with Gasteiger partial charge in [-0.2, -0.15) is 0 Å². The minimum absolute atomic E-state index is 0.0667. The summed E-state index contributed by atoms with van der Waals surface area (Å²) in [6.07, 6.45) is 2.06. The molecule has 0 bridgehead atoms. The second kappa shape index (κ2) is 10.6. The van der Waals surface area contributed by atoms with Gasteiger partial charge in [0.05, 0.1) is 16.7 Å². The van der Waals surface area contributed by atoms with Crippen LogP contribution in [-0.2, 0) is 5.41 Å². The smallest absolute Gasteiger partial charge is 0.0775 e. The van der Waals surface area contributed by atoms with Gasteiger partial charge in [0, 0.05) is 35.0 Å². The lowest BCUT2D eigenvalue weighted by Gasteiger charge is -2.23. The average Bonchev–Trinajstić information content (AvgIpc) is 3.52. The highest BCUT2D eigenvalue weighted by molar-refractivity contribution is 6.09. The zero-order chi connectivity index (χ0) is 30.5. The summed E-state index contributed by atoms with van der Waals surface area (Å²) in [5, 5.41) is 5.74. The van der Waals surface area contributed by atoms with E-state index in [2.05, 4.69) is 175 Å². The van der Waals surface area contributed by atoms with Gasteiger partial charge in [-0.1, -0.05) is 129 Å². The van der Waals surface area contributed by atoms with E-state index in [1.165, 1.54) is 55.3 Å². The largest absolute Gasteiger partial charge is 0.392 e. The Bertz CT molecular complexity index is 2250. The molecule has 1 heterocycles. The molecular weight excluding hydrogens is 546 g/mol. The topological polar surface area (TPSA) is 29.0 Å². The van der Waals surface area contributed by atoms with E-state index in [0.29, 0.717) is 0 Å². The van der Waals surface area contributed by atoms with Crippen LogP contribution in [-0.4, -0.2) is 11.7 Å². The molecule has 45 heavy (non-hydrogen) atoms. The van der Waals surface area contributed by atoms with Crippen molar-refractivity contribution >= 4 is 27.5 Å². The molecule has 3 nitrogen and oxygen atoms in total. The van der Waals surface area contributed by atoms with Crippen molar-refractivity contribution in [2.45, 2.75) is 19.3 Å². The van der Waals surface area contributed by atoms with Crippen LogP contribution in [0.5, 0.6) is 0 Å². The molecule has 0 saturated carbocycles. The molecule has 1 aliphatic rings. The fourth-order valence-electron chi connectivity index (χ4n) is 7.10. The van der Waals surface area contributed by atoms with E-state index in [1.807, 2.05) is 7.05 Å². The summed E-state index contributed by atoms with van der Waals surface area (Å²) < 4.78 is 2.24. The Hall–Kier alpha value is -5.54. The predicted molar refractivity (Wildman–Crippen MR) is 191 cm³/mol. The predicted octanol–water partition coefficient (Wildman–Crippen LogP) is 10.2. The van der Waals surface area contributed by atoms with Crippen LogP contribution in [0.25, 0.3) is 60.9 Å². The summed E-state index contributed by atoms with van der Waals surface area (Å²) in [5.74, 6) is 0. The van der Waals surface area contributed by atoms with Gasteiger partial charge in [-0.3, -0.25) is 10.1 Å². The number of benzene rings is 6. The molecule has 8 rings (SSSR count). The Kier molecular flexibility index (Phi) is 6.35. The molecule has 1 aromatic heterocycles.